The summed E-state index contributed by atoms with van der Waals surface area (Å²) in [6.45, 7) is 2.94. The average Bonchev–Trinajstić information content (AvgIpc) is 3.04. The minimum Gasteiger partial charge on any atom is -0.383 e. The zero-order valence-corrected chi connectivity index (χ0v) is 9.75. The molecule has 2 heterocycles. The molecular formula is C13H14N4. The van der Waals surface area contributed by atoms with Gasteiger partial charge in [0.15, 0.2) is 5.65 Å². The second-order valence-electron chi connectivity index (χ2n) is 4.23. The summed E-state index contributed by atoms with van der Waals surface area (Å²) >= 11 is 0. The summed E-state index contributed by atoms with van der Waals surface area (Å²) in [5, 5.41) is 3.30. The first kappa shape index (κ1) is 10.2. The first-order valence-electron chi connectivity index (χ1n) is 5.96. The standard InChI is InChI=1S/C13H14N4/c1-2-14-11-7-10(6-5-9-3-4-9)17-13-12(11)15-8-16-13/h7-9H,2-4H2,1H3,(H2,14,15,16,17). The molecule has 1 aliphatic carbocycles. The molecule has 0 amide bonds. The van der Waals surface area contributed by atoms with Crippen molar-refractivity contribution < 1.29 is 0 Å². The summed E-state index contributed by atoms with van der Waals surface area (Å²) in [5.74, 6) is 6.95. The highest BCUT2D eigenvalue weighted by atomic mass is 15.0. The van der Waals surface area contributed by atoms with Gasteiger partial charge in [0.25, 0.3) is 0 Å². The fourth-order valence-electron chi connectivity index (χ4n) is 1.72. The molecule has 2 aromatic rings. The molecule has 0 radical (unpaired) electrons. The molecule has 3 rings (SSSR count). The molecule has 1 fully saturated rings. The Morgan fingerprint density at radius 1 is 1.53 bits per heavy atom. The number of rotatable bonds is 2. The highest BCUT2D eigenvalue weighted by molar-refractivity contribution is 5.85. The first-order chi connectivity index (χ1) is 8.36. The second kappa shape index (κ2) is 4.10. The van der Waals surface area contributed by atoms with E-state index in [0.717, 1.165) is 29.1 Å². The quantitative estimate of drug-likeness (QED) is 0.771. The molecule has 0 bridgehead atoms. The Morgan fingerprint density at radius 3 is 3.18 bits per heavy atom. The number of fused-ring (bicyclic) bond motifs is 1. The zero-order chi connectivity index (χ0) is 11.7. The molecule has 0 spiro atoms. The van der Waals surface area contributed by atoms with E-state index in [1.165, 1.54) is 12.8 Å². The number of aromatic nitrogens is 3. The minimum absolute atomic E-state index is 0.592. The van der Waals surface area contributed by atoms with Crippen molar-refractivity contribution in [1.82, 2.24) is 15.0 Å². The Kier molecular flexibility index (Phi) is 2.45. The largest absolute Gasteiger partial charge is 0.383 e. The molecule has 86 valence electrons. The predicted molar refractivity (Wildman–Crippen MR) is 67.7 cm³/mol. The van der Waals surface area contributed by atoms with Crippen molar-refractivity contribution in [2.75, 3.05) is 11.9 Å². The van der Waals surface area contributed by atoms with Crippen LogP contribution >= 0.6 is 0 Å². The third-order valence-corrected chi connectivity index (χ3v) is 2.75. The zero-order valence-electron chi connectivity index (χ0n) is 9.75. The maximum absolute atomic E-state index is 4.42. The van der Waals surface area contributed by atoms with Gasteiger partial charge >= 0.3 is 0 Å². The van der Waals surface area contributed by atoms with E-state index in [0.29, 0.717) is 5.92 Å². The first-order valence-corrected chi connectivity index (χ1v) is 5.96. The average molecular weight is 226 g/mol. The van der Waals surface area contributed by atoms with Crippen LogP contribution in [0.1, 0.15) is 25.5 Å². The fraction of sp³-hybridized carbons (Fsp3) is 0.385. The van der Waals surface area contributed by atoms with Gasteiger partial charge in [-0.3, -0.25) is 0 Å². The highest BCUT2D eigenvalue weighted by Gasteiger charge is 2.17. The molecule has 1 aliphatic rings. The van der Waals surface area contributed by atoms with Gasteiger partial charge in [-0.2, -0.15) is 0 Å². The number of pyridine rings is 1. The van der Waals surface area contributed by atoms with Crippen LogP contribution in [0.25, 0.3) is 11.2 Å². The molecule has 4 nitrogen and oxygen atoms in total. The monoisotopic (exact) mass is 226 g/mol. The number of anilines is 1. The van der Waals surface area contributed by atoms with Crippen LogP contribution in [0.3, 0.4) is 0 Å². The predicted octanol–water partition coefficient (Wildman–Crippen LogP) is 2.15. The van der Waals surface area contributed by atoms with Crippen LogP contribution in [-0.4, -0.2) is 21.5 Å². The molecule has 2 N–H and O–H groups in total. The van der Waals surface area contributed by atoms with E-state index in [1.54, 1.807) is 6.33 Å². The van der Waals surface area contributed by atoms with E-state index in [-0.39, 0.29) is 0 Å². The van der Waals surface area contributed by atoms with Crippen molar-refractivity contribution in [2.24, 2.45) is 5.92 Å². The summed E-state index contributed by atoms with van der Waals surface area (Å²) in [5.41, 5.74) is 3.50. The van der Waals surface area contributed by atoms with Gasteiger partial charge in [-0.15, -0.1) is 0 Å². The third kappa shape index (κ3) is 2.09. The van der Waals surface area contributed by atoms with E-state index >= 15 is 0 Å². The topological polar surface area (TPSA) is 53.6 Å². The number of hydrogen-bond acceptors (Lipinski definition) is 3. The van der Waals surface area contributed by atoms with Crippen molar-refractivity contribution in [2.45, 2.75) is 19.8 Å². The maximum atomic E-state index is 4.42. The summed E-state index contributed by atoms with van der Waals surface area (Å²) in [6, 6.07) is 1.99. The SMILES string of the molecule is CCNc1cc(C#CC2CC2)nc2nc[nH]c12. The van der Waals surface area contributed by atoms with Crippen molar-refractivity contribution in [3.05, 3.63) is 18.1 Å². The molecule has 17 heavy (non-hydrogen) atoms. The summed E-state index contributed by atoms with van der Waals surface area (Å²) in [4.78, 5) is 11.7. The lowest BCUT2D eigenvalue weighted by Gasteiger charge is -2.04. The van der Waals surface area contributed by atoms with Gasteiger partial charge in [-0.05, 0) is 31.8 Å². The number of hydrogen-bond donors (Lipinski definition) is 2. The third-order valence-electron chi connectivity index (χ3n) is 2.75. The van der Waals surface area contributed by atoms with Crippen LogP contribution in [-0.2, 0) is 0 Å². The van der Waals surface area contributed by atoms with E-state index in [4.69, 9.17) is 0 Å². The van der Waals surface area contributed by atoms with Crippen LogP contribution < -0.4 is 5.32 Å². The minimum atomic E-state index is 0.592. The van der Waals surface area contributed by atoms with Gasteiger partial charge in [-0.25, -0.2) is 9.97 Å². The Bertz CT molecular complexity index is 599. The fourth-order valence-corrected chi connectivity index (χ4v) is 1.72. The lowest BCUT2D eigenvalue weighted by Crippen LogP contribution is -1.99. The smallest absolute Gasteiger partial charge is 0.180 e. The second-order valence-corrected chi connectivity index (χ2v) is 4.23. The van der Waals surface area contributed by atoms with Crippen LogP contribution in [0.4, 0.5) is 5.69 Å². The van der Waals surface area contributed by atoms with Gasteiger partial charge < -0.3 is 10.3 Å². The Balaban J connectivity index is 2.03. The van der Waals surface area contributed by atoms with Crippen LogP contribution in [0.15, 0.2) is 12.4 Å². The van der Waals surface area contributed by atoms with Gasteiger partial charge in [0.05, 0.1) is 12.0 Å². The Hall–Kier alpha value is -2.02. The molecule has 4 heteroatoms. The van der Waals surface area contributed by atoms with Crippen molar-refractivity contribution in [1.29, 1.82) is 0 Å². The molecule has 0 aromatic carbocycles. The summed E-state index contributed by atoms with van der Waals surface area (Å²) in [6.07, 6.45) is 4.13. The number of aromatic amines is 1. The molecule has 2 aromatic heterocycles. The number of nitrogens with zero attached hydrogens (tertiary/aromatic N) is 2. The van der Waals surface area contributed by atoms with Crippen molar-refractivity contribution >= 4 is 16.9 Å². The van der Waals surface area contributed by atoms with Crippen LogP contribution in [0.2, 0.25) is 0 Å². The normalized spacial score (nSPS) is 14.4. The highest BCUT2D eigenvalue weighted by Crippen LogP contribution is 2.27. The molecule has 0 atom stereocenters. The van der Waals surface area contributed by atoms with Gasteiger partial charge in [0, 0.05) is 12.5 Å². The van der Waals surface area contributed by atoms with Gasteiger partial charge in [-0.1, -0.05) is 5.92 Å². The molecule has 0 unspecified atom stereocenters. The van der Waals surface area contributed by atoms with Gasteiger partial charge in [0.2, 0.25) is 0 Å². The summed E-state index contributed by atoms with van der Waals surface area (Å²) < 4.78 is 0. The van der Waals surface area contributed by atoms with Crippen molar-refractivity contribution in [3.8, 4) is 11.8 Å². The molecule has 0 aliphatic heterocycles. The molecule has 1 saturated carbocycles. The molecular weight excluding hydrogens is 212 g/mol. The van der Waals surface area contributed by atoms with Crippen molar-refractivity contribution in [3.63, 3.8) is 0 Å². The number of nitrogens with one attached hydrogen (secondary N) is 2. The molecule has 0 saturated heterocycles. The van der Waals surface area contributed by atoms with E-state index in [2.05, 4.69) is 39.0 Å². The van der Waals surface area contributed by atoms with E-state index < -0.39 is 0 Å². The lowest BCUT2D eigenvalue weighted by atomic mass is 10.2. The van der Waals surface area contributed by atoms with E-state index in [9.17, 15) is 0 Å². The Morgan fingerprint density at radius 2 is 2.41 bits per heavy atom. The van der Waals surface area contributed by atoms with E-state index in [1.807, 2.05) is 6.07 Å². The lowest BCUT2D eigenvalue weighted by molar-refractivity contribution is 1.17. The van der Waals surface area contributed by atoms with Gasteiger partial charge in [0.1, 0.15) is 11.2 Å². The van der Waals surface area contributed by atoms with Crippen LogP contribution in [0, 0.1) is 17.8 Å². The number of imidazole rings is 1. The number of H-pyrrole nitrogens is 1. The Labute approximate surface area is 99.9 Å². The summed E-state index contributed by atoms with van der Waals surface area (Å²) in [7, 11) is 0. The maximum Gasteiger partial charge on any atom is 0.180 e. The van der Waals surface area contributed by atoms with Crippen LogP contribution in [0.5, 0.6) is 0 Å².